The minimum absolute atomic E-state index is 0.0718. The molecule has 1 amide bonds. The molecule has 1 fully saturated rings. The lowest BCUT2D eigenvalue weighted by Gasteiger charge is -2.18. The molecule has 1 aliphatic rings. The highest BCUT2D eigenvalue weighted by Gasteiger charge is 2.23. The number of amides is 1. The van der Waals surface area contributed by atoms with Crippen molar-refractivity contribution in [2.24, 2.45) is 0 Å². The number of thioether (sulfide) groups is 1. The van der Waals surface area contributed by atoms with E-state index in [1.807, 2.05) is 13.2 Å². The summed E-state index contributed by atoms with van der Waals surface area (Å²) in [5.74, 6) is 1.82. The molecule has 1 saturated carbocycles. The van der Waals surface area contributed by atoms with E-state index in [0.29, 0.717) is 12.5 Å². The van der Waals surface area contributed by atoms with E-state index < -0.39 is 0 Å². The Kier molecular flexibility index (Phi) is 5.24. The molecule has 0 spiro atoms. The Morgan fingerprint density at radius 3 is 3.00 bits per heavy atom. The largest absolute Gasteiger partial charge is 0.346 e. The second-order valence-electron chi connectivity index (χ2n) is 5.07. The van der Waals surface area contributed by atoms with Crippen LogP contribution in [0.3, 0.4) is 0 Å². The van der Waals surface area contributed by atoms with Crippen molar-refractivity contribution in [2.75, 3.05) is 12.0 Å². The van der Waals surface area contributed by atoms with Crippen molar-refractivity contribution in [1.82, 2.24) is 20.1 Å². The first-order valence-electron chi connectivity index (χ1n) is 6.90. The van der Waals surface area contributed by atoms with Crippen LogP contribution in [-0.2, 0) is 4.79 Å². The molecule has 1 aliphatic carbocycles. The fourth-order valence-electron chi connectivity index (χ4n) is 2.60. The lowest BCUT2D eigenvalue weighted by Crippen LogP contribution is -2.29. The van der Waals surface area contributed by atoms with Crippen LogP contribution in [-0.4, -0.2) is 32.7 Å². The van der Waals surface area contributed by atoms with Gasteiger partial charge in [0, 0.05) is 18.2 Å². The Labute approximate surface area is 118 Å². The maximum atomic E-state index is 11.8. The molecule has 1 aromatic heterocycles. The molecule has 19 heavy (non-hydrogen) atoms. The summed E-state index contributed by atoms with van der Waals surface area (Å²) in [4.78, 5) is 11.8. The zero-order chi connectivity index (χ0) is 13.7. The quantitative estimate of drug-likeness (QED) is 0.870. The minimum Gasteiger partial charge on any atom is -0.346 e. The van der Waals surface area contributed by atoms with Crippen molar-refractivity contribution in [3.8, 4) is 0 Å². The molecule has 5 nitrogen and oxygen atoms in total. The minimum atomic E-state index is -0.0718. The SMILES string of the molecule is CSCCC(=O)N[C@H](C)c1nncn1C1CCCC1. The molecule has 0 aliphatic heterocycles. The van der Waals surface area contributed by atoms with Gasteiger partial charge in [-0.2, -0.15) is 11.8 Å². The maximum absolute atomic E-state index is 11.8. The summed E-state index contributed by atoms with van der Waals surface area (Å²) in [5, 5.41) is 11.2. The van der Waals surface area contributed by atoms with Crippen molar-refractivity contribution in [3.05, 3.63) is 12.2 Å². The van der Waals surface area contributed by atoms with Crippen LogP contribution < -0.4 is 5.32 Å². The molecule has 106 valence electrons. The summed E-state index contributed by atoms with van der Waals surface area (Å²) < 4.78 is 2.15. The van der Waals surface area contributed by atoms with Gasteiger partial charge in [-0.1, -0.05) is 12.8 Å². The van der Waals surface area contributed by atoms with Crippen LogP contribution >= 0.6 is 11.8 Å². The summed E-state index contributed by atoms with van der Waals surface area (Å²) in [7, 11) is 0. The second-order valence-corrected chi connectivity index (χ2v) is 6.05. The van der Waals surface area contributed by atoms with Crippen molar-refractivity contribution in [1.29, 1.82) is 0 Å². The summed E-state index contributed by atoms with van der Waals surface area (Å²) in [6.07, 6.45) is 9.30. The molecule has 0 bridgehead atoms. The van der Waals surface area contributed by atoms with Gasteiger partial charge in [-0.3, -0.25) is 4.79 Å². The smallest absolute Gasteiger partial charge is 0.221 e. The van der Waals surface area contributed by atoms with Crippen LogP contribution in [0, 0.1) is 0 Å². The Bertz CT molecular complexity index is 415. The van der Waals surface area contributed by atoms with Crippen molar-refractivity contribution in [3.63, 3.8) is 0 Å². The zero-order valence-electron chi connectivity index (χ0n) is 11.6. The van der Waals surface area contributed by atoms with Gasteiger partial charge in [0.05, 0.1) is 6.04 Å². The van der Waals surface area contributed by atoms with Gasteiger partial charge in [-0.05, 0) is 26.0 Å². The fraction of sp³-hybridized carbons (Fsp3) is 0.769. The highest BCUT2D eigenvalue weighted by atomic mass is 32.2. The molecule has 0 radical (unpaired) electrons. The number of nitrogens with zero attached hydrogens (tertiary/aromatic N) is 3. The molecule has 1 atom stereocenters. The van der Waals surface area contributed by atoms with E-state index in [-0.39, 0.29) is 11.9 Å². The number of hydrogen-bond acceptors (Lipinski definition) is 4. The van der Waals surface area contributed by atoms with E-state index in [1.165, 1.54) is 25.7 Å². The Balaban J connectivity index is 1.97. The van der Waals surface area contributed by atoms with Crippen LogP contribution in [0.15, 0.2) is 6.33 Å². The van der Waals surface area contributed by atoms with Crippen molar-refractivity contribution >= 4 is 17.7 Å². The van der Waals surface area contributed by atoms with E-state index in [4.69, 9.17) is 0 Å². The average Bonchev–Trinajstić information content (AvgIpc) is 3.05. The maximum Gasteiger partial charge on any atom is 0.221 e. The van der Waals surface area contributed by atoms with E-state index >= 15 is 0 Å². The Morgan fingerprint density at radius 2 is 2.32 bits per heavy atom. The van der Waals surface area contributed by atoms with Gasteiger partial charge in [0.15, 0.2) is 5.82 Å². The average molecular weight is 282 g/mol. The molecule has 2 rings (SSSR count). The summed E-state index contributed by atoms with van der Waals surface area (Å²) >= 11 is 1.68. The summed E-state index contributed by atoms with van der Waals surface area (Å²) in [6, 6.07) is 0.438. The summed E-state index contributed by atoms with van der Waals surface area (Å²) in [5.41, 5.74) is 0. The summed E-state index contributed by atoms with van der Waals surface area (Å²) in [6.45, 7) is 1.98. The molecule has 0 aromatic carbocycles. The number of carbonyl (C=O) groups is 1. The van der Waals surface area contributed by atoms with Gasteiger partial charge in [-0.15, -0.1) is 10.2 Å². The van der Waals surface area contributed by atoms with Crippen LogP contribution in [0.2, 0.25) is 0 Å². The van der Waals surface area contributed by atoms with E-state index in [9.17, 15) is 4.79 Å². The number of rotatable bonds is 6. The van der Waals surface area contributed by atoms with Gasteiger partial charge in [-0.25, -0.2) is 0 Å². The van der Waals surface area contributed by atoms with Gasteiger partial charge in [0.1, 0.15) is 6.33 Å². The highest BCUT2D eigenvalue weighted by Crippen LogP contribution is 2.31. The van der Waals surface area contributed by atoms with E-state index in [2.05, 4.69) is 20.1 Å². The third-order valence-electron chi connectivity index (χ3n) is 3.62. The number of nitrogens with one attached hydrogen (secondary N) is 1. The van der Waals surface area contributed by atoms with Gasteiger partial charge in [0.2, 0.25) is 5.91 Å². The molecule has 0 saturated heterocycles. The molecule has 1 aromatic rings. The monoisotopic (exact) mass is 282 g/mol. The van der Waals surface area contributed by atoms with Crippen LogP contribution in [0.1, 0.15) is 56.9 Å². The molecule has 6 heteroatoms. The Hall–Kier alpha value is -1.04. The predicted molar refractivity (Wildman–Crippen MR) is 77.1 cm³/mol. The second kappa shape index (κ2) is 6.93. The normalized spacial score (nSPS) is 17.6. The van der Waals surface area contributed by atoms with Crippen LogP contribution in [0.5, 0.6) is 0 Å². The zero-order valence-corrected chi connectivity index (χ0v) is 12.4. The van der Waals surface area contributed by atoms with E-state index in [0.717, 1.165) is 11.6 Å². The third kappa shape index (κ3) is 3.72. The molecule has 1 heterocycles. The number of hydrogen-bond donors (Lipinski definition) is 1. The van der Waals surface area contributed by atoms with Gasteiger partial charge < -0.3 is 9.88 Å². The van der Waals surface area contributed by atoms with Gasteiger partial charge >= 0.3 is 0 Å². The van der Waals surface area contributed by atoms with Crippen molar-refractivity contribution < 1.29 is 4.79 Å². The molecule has 0 unspecified atom stereocenters. The first-order valence-corrected chi connectivity index (χ1v) is 8.29. The molecular weight excluding hydrogens is 260 g/mol. The van der Waals surface area contributed by atoms with Crippen LogP contribution in [0.25, 0.3) is 0 Å². The first-order chi connectivity index (χ1) is 9.22. The lowest BCUT2D eigenvalue weighted by molar-refractivity contribution is -0.121. The lowest BCUT2D eigenvalue weighted by atomic mass is 10.2. The highest BCUT2D eigenvalue weighted by molar-refractivity contribution is 7.98. The molecular formula is C13H22N4OS. The Morgan fingerprint density at radius 1 is 1.58 bits per heavy atom. The molecule has 1 N–H and O–H groups in total. The first kappa shape index (κ1) is 14.4. The van der Waals surface area contributed by atoms with Crippen molar-refractivity contribution in [2.45, 2.75) is 51.1 Å². The third-order valence-corrected chi connectivity index (χ3v) is 4.23. The number of aromatic nitrogens is 3. The topological polar surface area (TPSA) is 59.8 Å². The van der Waals surface area contributed by atoms with Gasteiger partial charge in [0.25, 0.3) is 0 Å². The number of carbonyl (C=O) groups excluding carboxylic acids is 1. The van der Waals surface area contributed by atoms with Crippen LogP contribution in [0.4, 0.5) is 0 Å². The van der Waals surface area contributed by atoms with E-state index in [1.54, 1.807) is 18.1 Å². The predicted octanol–water partition coefficient (Wildman–Crippen LogP) is 2.32. The standard InChI is InChI=1S/C13H22N4OS/c1-10(15-12(18)7-8-19-2)13-16-14-9-17(13)11-5-3-4-6-11/h9-11H,3-8H2,1-2H3,(H,15,18)/t10-/m1/s1. The fourth-order valence-corrected chi connectivity index (χ4v) is 2.99.